The number of carbonyl (C=O) groups is 1. The van der Waals surface area contributed by atoms with E-state index in [2.05, 4.69) is 23.7 Å². The molecule has 0 atom stereocenters. The Bertz CT molecular complexity index is 1130. The summed E-state index contributed by atoms with van der Waals surface area (Å²) in [4.78, 5) is 32.3. The SMILES string of the molecule is CCN(CC)CCN(C(=O)C=Cc1cccc([N+](=O)[O-])c1)c1nc2c(OC)cccc2s1.Cl. The average Bonchev–Trinajstić information content (AvgIpc) is 3.24. The number of halogens is 1. The highest BCUT2D eigenvalue weighted by Gasteiger charge is 2.20. The van der Waals surface area contributed by atoms with Gasteiger partial charge in [0.15, 0.2) is 5.13 Å². The fraction of sp³-hybridized carbons (Fsp3) is 0.304. The molecule has 1 amide bonds. The van der Waals surface area contributed by atoms with Crippen LogP contribution in [0.4, 0.5) is 10.8 Å². The summed E-state index contributed by atoms with van der Waals surface area (Å²) < 4.78 is 6.35. The first-order valence-corrected chi connectivity index (χ1v) is 11.2. The lowest BCUT2D eigenvalue weighted by Gasteiger charge is -2.23. The highest BCUT2D eigenvalue weighted by molar-refractivity contribution is 7.22. The van der Waals surface area contributed by atoms with Gasteiger partial charge >= 0.3 is 0 Å². The number of para-hydroxylation sites is 1. The number of hydrogen-bond acceptors (Lipinski definition) is 7. The molecule has 10 heteroatoms. The minimum Gasteiger partial charge on any atom is -0.494 e. The van der Waals surface area contributed by atoms with Crippen molar-refractivity contribution in [3.63, 3.8) is 0 Å². The molecule has 176 valence electrons. The van der Waals surface area contributed by atoms with Gasteiger partial charge in [0.05, 0.1) is 16.7 Å². The highest BCUT2D eigenvalue weighted by atomic mass is 35.5. The van der Waals surface area contributed by atoms with Crippen molar-refractivity contribution < 1.29 is 14.5 Å². The van der Waals surface area contributed by atoms with Gasteiger partial charge in [-0.3, -0.25) is 19.8 Å². The van der Waals surface area contributed by atoms with Crippen LogP contribution in [0.1, 0.15) is 19.4 Å². The molecule has 0 spiro atoms. The number of benzene rings is 2. The summed E-state index contributed by atoms with van der Waals surface area (Å²) in [6.45, 7) is 7.12. The number of nitrogens with zero attached hydrogens (tertiary/aromatic N) is 4. The zero-order valence-corrected chi connectivity index (χ0v) is 20.4. The predicted molar refractivity (Wildman–Crippen MR) is 136 cm³/mol. The smallest absolute Gasteiger partial charge is 0.270 e. The van der Waals surface area contributed by atoms with Crippen LogP contribution >= 0.6 is 23.7 Å². The van der Waals surface area contributed by atoms with Crippen LogP contribution < -0.4 is 9.64 Å². The van der Waals surface area contributed by atoms with Crippen molar-refractivity contribution in [2.45, 2.75) is 13.8 Å². The van der Waals surface area contributed by atoms with Crippen LogP contribution in [0.3, 0.4) is 0 Å². The number of rotatable bonds is 10. The van der Waals surface area contributed by atoms with E-state index in [0.29, 0.717) is 29.5 Å². The van der Waals surface area contributed by atoms with Gasteiger partial charge in [0, 0.05) is 31.3 Å². The number of nitro benzene ring substituents is 1. The number of fused-ring (bicyclic) bond motifs is 1. The molecular formula is C23H27ClN4O4S. The van der Waals surface area contributed by atoms with Crippen LogP contribution in [0.5, 0.6) is 5.75 Å². The first-order chi connectivity index (χ1) is 15.5. The number of likely N-dealkylation sites (N-methyl/N-ethyl adjacent to an activating group) is 1. The van der Waals surface area contributed by atoms with E-state index in [-0.39, 0.29) is 24.0 Å². The number of methoxy groups -OCH3 is 1. The maximum atomic E-state index is 13.2. The summed E-state index contributed by atoms with van der Waals surface area (Å²) in [5.41, 5.74) is 1.29. The van der Waals surface area contributed by atoms with Crippen molar-refractivity contribution in [2.24, 2.45) is 0 Å². The lowest BCUT2D eigenvalue weighted by Crippen LogP contribution is -2.38. The third kappa shape index (κ3) is 6.50. The number of anilines is 1. The largest absolute Gasteiger partial charge is 0.494 e. The molecule has 0 aliphatic rings. The lowest BCUT2D eigenvalue weighted by atomic mass is 10.2. The summed E-state index contributed by atoms with van der Waals surface area (Å²) in [7, 11) is 1.60. The molecule has 33 heavy (non-hydrogen) atoms. The maximum absolute atomic E-state index is 13.2. The zero-order valence-electron chi connectivity index (χ0n) is 18.8. The molecule has 0 aliphatic heterocycles. The third-order valence-corrected chi connectivity index (χ3v) is 6.16. The van der Waals surface area contributed by atoms with Crippen molar-refractivity contribution in [1.82, 2.24) is 9.88 Å². The molecule has 0 saturated carbocycles. The van der Waals surface area contributed by atoms with E-state index < -0.39 is 4.92 Å². The van der Waals surface area contributed by atoms with Gasteiger partial charge in [0.2, 0.25) is 0 Å². The number of aromatic nitrogens is 1. The zero-order chi connectivity index (χ0) is 23.1. The standard InChI is InChI=1S/C23H26N4O4S.ClH/c1-4-25(5-2)14-15-26(23-24-22-19(31-3)10-7-11-20(22)32-23)21(28)13-12-17-8-6-9-18(16-17)27(29)30;/h6-13,16H,4-5,14-15H2,1-3H3;1H. The Morgan fingerprint density at radius 1 is 1.18 bits per heavy atom. The lowest BCUT2D eigenvalue weighted by molar-refractivity contribution is -0.384. The Labute approximate surface area is 203 Å². The third-order valence-electron chi connectivity index (χ3n) is 5.12. The van der Waals surface area contributed by atoms with Crippen molar-refractivity contribution >= 4 is 56.8 Å². The molecule has 0 radical (unpaired) electrons. The summed E-state index contributed by atoms with van der Waals surface area (Å²) in [6, 6.07) is 11.9. The van der Waals surface area contributed by atoms with Crippen LogP contribution in [-0.4, -0.2) is 54.0 Å². The monoisotopic (exact) mass is 490 g/mol. The molecule has 2 aromatic carbocycles. The van der Waals surface area contributed by atoms with Crippen molar-refractivity contribution in [1.29, 1.82) is 0 Å². The molecule has 0 bridgehead atoms. The van der Waals surface area contributed by atoms with Crippen molar-refractivity contribution in [3.8, 4) is 5.75 Å². The van der Waals surface area contributed by atoms with Crippen LogP contribution in [0, 0.1) is 10.1 Å². The summed E-state index contributed by atoms with van der Waals surface area (Å²) >= 11 is 1.43. The fourth-order valence-electron chi connectivity index (χ4n) is 3.27. The molecule has 0 saturated heterocycles. The number of amides is 1. The van der Waals surface area contributed by atoms with Gasteiger partial charge in [-0.05, 0) is 36.9 Å². The van der Waals surface area contributed by atoms with Gasteiger partial charge in [-0.1, -0.05) is 43.4 Å². The second kappa shape index (κ2) is 12.3. The first-order valence-electron chi connectivity index (χ1n) is 10.4. The van der Waals surface area contributed by atoms with Gasteiger partial charge < -0.3 is 9.64 Å². The van der Waals surface area contributed by atoms with Crippen LogP contribution in [-0.2, 0) is 4.79 Å². The molecule has 0 unspecified atom stereocenters. The van der Waals surface area contributed by atoms with Crippen LogP contribution in [0.2, 0.25) is 0 Å². The average molecular weight is 491 g/mol. The van der Waals surface area contributed by atoms with Crippen LogP contribution in [0.15, 0.2) is 48.5 Å². The van der Waals surface area contributed by atoms with Crippen LogP contribution in [0.25, 0.3) is 16.3 Å². The topological polar surface area (TPSA) is 88.8 Å². The van der Waals surface area contributed by atoms with E-state index in [1.807, 2.05) is 18.2 Å². The second-order valence-electron chi connectivity index (χ2n) is 7.01. The Morgan fingerprint density at radius 3 is 2.58 bits per heavy atom. The number of ether oxygens (including phenoxy) is 1. The van der Waals surface area contributed by atoms with Gasteiger partial charge in [0.1, 0.15) is 11.3 Å². The van der Waals surface area contributed by atoms with Gasteiger partial charge in [0.25, 0.3) is 11.6 Å². The predicted octanol–water partition coefficient (Wildman–Crippen LogP) is 5.02. The summed E-state index contributed by atoms with van der Waals surface area (Å²) in [6.07, 6.45) is 3.03. The minimum absolute atomic E-state index is 0. The number of hydrogen-bond donors (Lipinski definition) is 0. The first kappa shape index (κ1) is 26.2. The molecule has 0 aliphatic carbocycles. The molecule has 0 N–H and O–H groups in total. The molecule has 8 nitrogen and oxygen atoms in total. The van der Waals surface area contributed by atoms with Crippen molar-refractivity contribution in [2.75, 3.05) is 38.2 Å². The van der Waals surface area contributed by atoms with E-state index >= 15 is 0 Å². The van der Waals surface area contributed by atoms with E-state index in [1.165, 1.54) is 29.5 Å². The molecular weight excluding hydrogens is 464 g/mol. The molecule has 3 rings (SSSR count). The second-order valence-corrected chi connectivity index (χ2v) is 8.01. The number of thiazole rings is 1. The molecule has 1 aromatic heterocycles. The summed E-state index contributed by atoms with van der Waals surface area (Å²) in [5.74, 6) is 0.426. The van der Waals surface area contributed by atoms with E-state index in [1.54, 1.807) is 30.2 Å². The Morgan fingerprint density at radius 2 is 1.91 bits per heavy atom. The van der Waals surface area contributed by atoms with E-state index in [4.69, 9.17) is 4.74 Å². The molecule has 1 heterocycles. The highest BCUT2D eigenvalue weighted by Crippen LogP contribution is 2.34. The Kier molecular flexibility index (Phi) is 9.77. The quantitative estimate of drug-likeness (QED) is 0.225. The van der Waals surface area contributed by atoms with E-state index in [9.17, 15) is 14.9 Å². The fourth-order valence-corrected chi connectivity index (χ4v) is 4.29. The number of carbonyl (C=O) groups excluding carboxylic acids is 1. The number of nitro groups is 1. The van der Waals surface area contributed by atoms with Gasteiger partial charge in [-0.2, -0.15) is 0 Å². The number of non-ortho nitro benzene ring substituents is 1. The maximum Gasteiger partial charge on any atom is 0.270 e. The van der Waals surface area contributed by atoms with Crippen molar-refractivity contribution in [3.05, 3.63) is 64.2 Å². The van der Waals surface area contributed by atoms with E-state index in [0.717, 1.165) is 23.3 Å². The minimum atomic E-state index is -0.454. The Balaban J connectivity index is 0.00000385. The normalized spacial score (nSPS) is 11.0. The van der Waals surface area contributed by atoms with Gasteiger partial charge in [-0.25, -0.2) is 4.98 Å². The van der Waals surface area contributed by atoms with Gasteiger partial charge in [-0.15, -0.1) is 12.4 Å². The summed E-state index contributed by atoms with van der Waals surface area (Å²) in [5, 5.41) is 11.6. The Hall–Kier alpha value is -3.01. The molecule has 3 aromatic rings. The molecule has 0 fully saturated rings.